The summed E-state index contributed by atoms with van der Waals surface area (Å²) < 4.78 is 0. The average molecular weight is 314 g/mol. The Morgan fingerprint density at radius 1 is 0.957 bits per heavy atom. The molecule has 126 valence electrons. The van der Waals surface area contributed by atoms with Crippen molar-refractivity contribution in [2.24, 2.45) is 5.73 Å². The van der Waals surface area contributed by atoms with Crippen LogP contribution < -0.4 is 16.4 Å². The van der Waals surface area contributed by atoms with Crippen LogP contribution >= 0.6 is 0 Å². The summed E-state index contributed by atoms with van der Waals surface area (Å²) in [6, 6.07) is 9.86. The molecular formula is C19H30N4. The summed E-state index contributed by atoms with van der Waals surface area (Å²) in [5, 5.41) is 14.0. The SMILES string of the molecule is N=C(N)NC1CC1c1ccc(NC2CCCCCCCC2)cc1. The van der Waals surface area contributed by atoms with Gasteiger partial charge in [0.1, 0.15) is 0 Å². The summed E-state index contributed by atoms with van der Waals surface area (Å²) in [4.78, 5) is 0. The number of hydrogen-bond acceptors (Lipinski definition) is 2. The summed E-state index contributed by atoms with van der Waals surface area (Å²) in [6.07, 6.45) is 12.0. The summed E-state index contributed by atoms with van der Waals surface area (Å²) in [6.45, 7) is 0. The molecule has 2 atom stereocenters. The minimum atomic E-state index is 0.0796. The molecule has 1 aromatic carbocycles. The van der Waals surface area contributed by atoms with Crippen molar-refractivity contribution < 1.29 is 0 Å². The molecule has 0 radical (unpaired) electrons. The maximum Gasteiger partial charge on any atom is 0.185 e. The van der Waals surface area contributed by atoms with E-state index in [0.717, 1.165) is 6.42 Å². The van der Waals surface area contributed by atoms with Crippen molar-refractivity contribution in [2.75, 3.05) is 5.32 Å². The molecule has 0 aromatic heterocycles. The third kappa shape index (κ3) is 4.88. The van der Waals surface area contributed by atoms with Gasteiger partial charge >= 0.3 is 0 Å². The van der Waals surface area contributed by atoms with Crippen LogP contribution in [0.25, 0.3) is 0 Å². The molecule has 4 heteroatoms. The molecule has 4 nitrogen and oxygen atoms in total. The van der Waals surface area contributed by atoms with Gasteiger partial charge in [-0.1, -0.05) is 50.7 Å². The van der Waals surface area contributed by atoms with Crippen LogP contribution in [-0.4, -0.2) is 18.0 Å². The summed E-state index contributed by atoms with van der Waals surface area (Å²) >= 11 is 0. The van der Waals surface area contributed by atoms with E-state index in [-0.39, 0.29) is 5.96 Å². The van der Waals surface area contributed by atoms with Gasteiger partial charge in [0.25, 0.3) is 0 Å². The molecule has 0 spiro atoms. The lowest BCUT2D eigenvalue weighted by Gasteiger charge is -2.19. The Hall–Kier alpha value is -1.71. The molecule has 2 saturated carbocycles. The van der Waals surface area contributed by atoms with Gasteiger partial charge in [-0.2, -0.15) is 0 Å². The van der Waals surface area contributed by atoms with Crippen LogP contribution in [0.2, 0.25) is 0 Å². The van der Waals surface area contributed by atoms with Crippen molar-refractivity contribution in [1.29, 1.82) is 5.41 Å². The Bertz CT molecular complexity index is 501. The van der Waals surface area contributed by atoms with Crippen LogP contribution in [-0.2, 0) is 0 Å². The van der Waals surface area contributed by atoms with Gasteiger partial charge in [-0.3, -0.25) is 5.41 Å². The second kappa shape index (κ2) is 7.71. The molecule has 0 amide bonds. The Labute approximate surface area is 139 Å². The van der Waals surface area contributed by atoms with E-state index in [9.17, 15) is 0 Å². The van der Waals surface area contributed by atoms with Crippen molar-refractivity contribution >= 4 is 11.6 Å². The standard InChI is InChI=1S/C19H30N4/c20-19(21)23-18-13-17(18)14-9-11-16(12-10-14)22-15-7-5-3-1-2-4-6-8-15/h9-12,15,17-18,22H,1-8,13H2,(H4,20,21,23). The maximum atomic E-state index is 7.30. The molecule has 0 saturated heterocycles. The molecule has 5 N–H and O–H groups in total. The van der Waals surface area contributed by atoms with Crippen LogP contribution in [0, 0.1) is 5.41 Å². The molecule has 2 unspecified atom stereocenters. The summed E-state index contributed by atoms with van der Waals surface area (Å²) in [7, 11) is 0. The highest BCUT2D eigenvalue weighted by molar-refractivity contribution is 5.75. The fourth-order valence-corrected chi connectivity index (χ4v) is 3.76. The first-order valence-electron chi connectivity index (χ1n) is 9.19. The quantitative estimate of drug-likeness (QED) is 0.502. The molecule has 2 aliphatic carbocycles. The number of benzene rings is 1. The lowest BCUT2D eigenvalue weighted by molar-refractivity contribution is 0.563. The van der Waals surface area contributed by atoms with Crippen LogP contribution in [0.1, 0.15) is 69.3 Å². The predicted molar refractivity (Wildman–Crippen MR) is 97.0 cm³/mol. The van der Waals surface area contributed by atoms with Crippen molar-refractivity contribution in [3.8, 4) is 0 Å². The smallest absolute Gasteiger partial charge is 0.185 e. The lowest BCUT2D eigenvalue weighted by atomic mass is 10.0. The second-order valence-electron chi connectivity index (χ2n) is 7.17. The van der Waals surface area contributed by atoms with E-state index in [1.165, 1.54) is 62.6 Å². The predicted octanol–water partition coefficient (Wildman–Crippen LogP) is 3.94. The number of rotatable bonds is 4. The highest BCUT2D eigenvalue weighted by atomic mass is 15.1. The molecule has 2 fully saturated rings. The van der Waals surface area contributed by atoms with Crippen LogP contribution in [0.3, 0.4) is 0 Å². The Morgan fingerprint density at radius 3 is 2.17 bits per heavy atom. The van der Waals surface area contributed by atoms with Crippen molar-refractivity contribution in [1.82, 2.24) is 5.32 Å². The molecule has 0 heterocycles. The molecular weight excluding hydrogens is 284 g/mol. The van der Waals surface area contributed by atoms with Crippen LogP contribution in [0.15, 0.2) is 24.3 Å². The average Bonchev–Trinajstić information content (AvgIpc) is 3.25. The van der Waals surface area contributed by atoms with Gasteiger partial charge in [-0.25, -0.2) is 0 Å². The molecule has 0 bridgehead atoms. The molecule has 0 aliphatic heterocycles. The zero-order chi connectivity index (χ0) is 16.1. The first-order valence-corrected chi connectivity index (χ1v) is 9.19. The van der Waals surface area contributed by atoms with E-state index in [4.69, 9.17) is 11.1 Å². The fourth-order valence-electron chi connectivity index (χ4n) is 3.76. The van der Waals surface area contributed by atoms with E-state index in [1.807, 2.05) is 0 Å². The molecule has 3 rings (SSSR count). The minimum absolute atomic E-state index is 0.0796. The molecule has 1 aromatic rings. The first kappa shape index (κ1) is 16.2. The zero-order valence-electron chi connectivity index (χ0n) is 14.0. The van der Waals surface area contributed by atoms with Crippen molar-refractivity contribution in [2.45, 2.75) is 75.8 Å². The van der Waals surface area contributed by atoms with Gasteiger partial charge in [-0.05, 0) is 37.0 Å². The number of nitrogens with one attached hydrogen (secondary N) is 3. The van der Waals surface area contributed by atoms with Gasteiger partial charge < -0.3 is 16.4 Å². The number of guanidine groups is 1. The Kier molecular flexibility index (Phi) is 5.42. The van der Waals surface area contributed by atoms with Crippen LogP contribution in [0.4, 0.5) is 5.69 Å². The fraction of sp³-hybridized carbons (Fsp3) is 0.632. The van der Waals surface area contributed by atoms with E-state index in [2.05, 4.69) is 34.9 Å². The number of hydrogen-bond donors (Lipinski definition) is 4. The summed E-state index contributed by atoms with van der Waals surface area (Å²) in [5.41, 5.74) is 7.99. The lowest BCUT2D eigenvalue weighted by Crippen LogP contribution is -2.32. The normalized spacial score (nSPS) is 25.7. The minimum Gasteiger partial charge on any atom is -0.382 e. The maximum absolute atomic E-state index is 7.30. The number of anilines is 1. The highest BCUT2D eigenvalue weighted by Crippen LogP contribution is 2.41. The van der Waals surface area contributed by atoms with E-state index < -0.39 is 0 Å². The Morgan fingerprint density at radius 2 is 1.57 bits per heavy atom. The zero-order valence-corrected chi connectivity index (χ0v) is 14.0. The third-order valence-corrected chi connectivity index (χ3v) is 5.20. The summed E-state index contributed by atoms with van der Waals surface area (Å²) in [5.74, 6) is 0.592. The van der Waals surface area contributed by atoms with E-state index in [0.29, 0.717) is 18.0 Å². The molecule has 2 aliphatic rings. The van der Waals surface area contributed by atoms with Gasteiger partial charge in [-0.15, -0.1) is 0 Å². The first-order chi connectivity index (χ1) is 11.2. The number of nitrogens with two attached hydrogens (primary N) is 1. The van der Waals surface area contributed by atoms with Gasteiger partial charge in [0.15, 0.2) is 5.96 Å². The molecule has 23 heavy (non-hydrogen) atoms. The van der Waals surface area contributed by atoms with Crippen LogP contribution in [0.5, 0.6) is 0 Å². The van der Waals surface area contributed by atoms with E-state index in [1.54, 1.807) is 0 Å². The topological polar surface area (TPSA) is 73.9 Å². The Balaban J connectivity index is 1.51. The highest BCUT2D eigenvalue weighted by Gasteiger charge is 2.38. The second-order valence-corrected chi connectivity index (χ2v) is 7.17. The monoisotopic (exact) mass is 314 g/mol. The van der Waals surface area contributed by atoms with Gasteiger partial charge in [0, 0.05) is 23.7 Å². The van der Waals surface area contributed by atoms with Crippen molar-refractivity contribution in [3.63, 3.8) is 0 Å². The van der Waals surface area contributed by atoms with Gasteiger partial charge in [0.05, 0.1) is 0 Å². The third-order valence-electron chi connectivity index (χ3n) is 5.20. The largest absolute Gasteiger partial charge is 0.382 e. The van der Waals surface area contributed by atoms with E-state index >= 15 is 0 Å². The van der Waals surface area contributed by atoms with Gasteiger partial charge in [0.2, 0.25) is 0 Å². The van der Waals surface area contributed by atoms with Crippen molar-refractivity contribution in [3.05, 3.63) is 29.8 Å².